The van der Waals surface area contributed by atoms with Gasteiger partial charge in [-0.05, 0) is 57.2 Å². The third-order valence-electron chi connectivity index (χ3n) is 3.74. The number of benzene rings is 2. The van der Waals surface area contributed by atoms with Gasteiger partial charge in [-0.1, -0.05) is 17.7 Å². The van der Waals surface area contributed by atoms with Crippen molar-refractivity contribution in [2.45, 2.75) is 33.0 Å². The zero-order valence-electron chi connectivity index (χ0n) is 16.1. The Bertz CT molecular complexity index is 636. The van der Waals surface area contributed by atoms with E-state index in [1.807, 2.05) is 45.0 Å². The normalized spacial score (nSPS) is 15.6. The molecule has 0 aliphatic rings. The Morgan fingerprint density at radius 1 is 0.778 bits per heavy atom. The van der Waals surface area contributed by atoms with Crippen molar-refractivity contribution in [1.82, 2.24) is 0 Å². The van der Waals surface area contributed by atoms with Crippen molar-refractivity contribution in [3.05, 3.63) is 54.1 Å². The molecule has 2 unspecified atom stereocenters. The molecule has 0 aliphatic heterocycles. The minimum atomic E-state index is -3.68. The molecule has 0 saturated carbocycles. The molecule has 0 heterocycles. The fraction of sp³-hybridized carbons (Fsp3) is 0.368. The second-order valence-corrected chi connectivity index (χ2v) is 8.29. The van der Waals surface area contributed by atoms with Crippen molar-refractivity contribution in [2.24, 2.45) is 11.5 Å². The molecule has 0 aromatic heterocycles. The molecule has 8 heteroatoms. The molecule has 2 aromatic carbocycles. The van der Waals surface area contributed by atoms with Gasteiger partial charge in [-0.3, -0.25) is 0 Å². The number of anilines is 1. The highest BCUT2D eigenvalue weighted by Crippen LogP contribution is 2.25. The van der Waals surface area contributed by atoms with Crippen LogP contribution in [0, 0.1) is 6.92 Å². The molecule has 2 rings (SSSR count). The van der Waals surface area contributed by atoms with E-state index in [9.17, 15) is 0 Å². The largest absolute Gasteiger partial charge is 0.821 e. The fourth-order valence-corrected chi connectivity index (χ4v) is 4.48. The van der Waals surface area contributed by atoms with Gasteiger partial charge in [0.2, 0.25) is 0 Å². The Kier molecular flexibility index (Phi) is 7.63. The second kappa shape index (κ2) is 9.72. The number of hydrogen-bond acceptors (Lipinski definition) is 7. The van der Waals surface area contributed by atoms with Gasteiger partial charge in [0.1, 0.15) is 11.5 Å². The average Bonchev–Trinajstić information content (AvgIpc) is 2.65. The van der Waals surface area contributed by atoms with Crippen LogP contribution in [0.15, 0.2) is 48.5 Å². The smallest absolute Gasteiger partial charge is 0.471 e. The zero-order valence-corrected chi connectivity index (χ0v) is 17.1. The van der Waals surface area contributed by atoms with E-state index < -0.39 is 9.05 Å². The second-order valence-electron chi connectivity index (χ2n) is 6.41. The van der Waals surface area contributed by atoms with Gasteiger partial charge < -0.3 is 34.9 Å². The summed E-state index contributed by atoms with van der Waals surface area (Å²) in [6.07, 6.45) is -0.665. The van der Waals surface area contributed by atoms with Crippen molar-refractivity contribution < 1.29 is 17.7 Å². The third-order valence-corrected chi connectivity index (χ3v) is 6.10. The highest BCUT2D eigenvalue weighted by molar-refractivity contribution is 6.55. The standard InChI is InChI=1S/C19H29N3O4Si/c1-14-4-8-18(9-5-14)25-27(23-15(2)12-20,24-16(3)13-21)26-19-10-6-17(22)7-11-19/h4-11,15-16H,12-13,20-22H2,1-3H3. The molecule has 0 bridgehead atoms. The Labute approximate surface area is 161 Å². The van der Waals surface area contributed by atoms with Gasteiger partial charge in [0, 0.05) is 18.8 Å². The number of nitrogen functional groups attached to an aromatic ring is 1. The van der Waals surface area contributed by atoms with Gasteiger partial charge in [-0.25, -0.2) is 0 Å². The summed E-state index contributed by atoms with van der Waals surface area (Å²) in [5.41, 5.74) is 19.0. The van der Waals surface area contributed by atoms with E-state index in [2.05, 4.69) is 0 Å². The van der Waals surface area contributed by atoms with E-state index >= 15 is 0 Å². The lowest BCUT2D eigenvalue weighted by Gasteiger charge is -2.32. The third kappa shape index (κ3) is 6.53. The lowest BCUT2D eigenvalue weighted by Crippen LogP contribution is -2.59. The van der Waals surface area contributed by atoms with E-state index in [4.69, 9.17) is 34.9 Å². The predicted molar refractivity (Wildman–Crippen MR) is 108 cm³/mol. The molecule has 7 nitrogen and oxygen atoms in total. The highest BCUT2D eigenvalue weighted by atomic mass is 28.4. The van der Waals surface area contributed by atoms with Gasteiger partial charge >= 0.3 is 9.05 Å². The first-order valence-electron chi connectivity index (χ1n) is 8.92. The number of hydrogen-bond donors (Lipinski definition) is 3. The first kappa shape index (κ1) is 21.2. The molecule has 6 N–H and O–H groups in total. The molecule has 148 valence electrons. The molecule has 0 saturated heterocycles. The summed E-state index contributed by atoms with van der Waals surface area (Å²) in [5, 5.41) is 0. The van der Waals surface area contributed by atoms with Crippen molar-refractivity contribution in [1.29, 1.82) is 0 Å². The summed E-state index contributed by atoms with van der Waals surface area (Å²) >= 11 is 0. The van der Waals surface area contributed by atoms with Gasteiger partial charge in [0.05, 0.1) is 12.2 Å². The average molecular weight is 392 g/mol. The lowest BCUT2D eigenvalue weighted by molar-refractivity contribution is -0.00404. The Balaban J connectivity index is 2.38. The number of nitrogens with two attached hydrogens (primary N) is 3. The maximum absolute atomic E-state index is 6.17. The number of rotatable bonds is 10. The monoisotopic (exact) mass is 391 g/mol. The van der Waals surface area contributed by atoms with Gasteiger partial charge in [0.15, 0.2) is 0 Å². The van der Waals surface area contributed by atoms with Crippen LogP contribution in [0.4, 0.5) is 5.69 Å². The molecular formula is C19H29N3O4Si. The molecule has 0 fully saturated rings. The topological polar surface area (TPSA) is 115 Å². The summed E-state index contributed by atoms with van der Waals surface area (Å²) in [6.45, 7) is 6.25. The summed E-state index contributed by atoms with van der Waals surface area (Å²) < 4.78 is 24.5. The summed E-state index contributed by atoms with van der Waals surface area (Å²) in [4.78, 5) is 0. The van der Waals surface area contributed by atoms with Crippen LogP contribution >= 0.6 is 0 Å². The van der Waals surface area contributed by atoms with Crippen LogP contribution in [0.5, 0.6) is 11.5 Å². The van der Waals surface area contributed by atoms with Gasteiger partial charge in [-0.15, -0.1) is 0 Å². The summed E-state index contributed by atoms with van der Waals surface area (Å²) in [5.74, 6) is 1.10. The SMILES string of the molecule is Cc1ccc(O[Si](Oc2ccc(N)cc2)(OC(C)CN)OC(C)CN)cc1. The molecule has 0 spiro atoms. The molecular weight excluding hydrogens is 362 g/mol. The van der Waals surface area contributed by atoms with E-state index in [0.717, 1.165) is 5.56 Å². The first-order chi connectivity index (χ1) is 12.9. The van der Waals surface area contributed by atoms with Crippen molar-refractivity contribution in [2.75, 3.05) is 18.8 Å². The van der Waals surface area contributed by atoms with Crippen molar-refractivity contribution >= 4 is 14.7 Å². The maximum Gasteiger partial charge on any atom is 0.821 e. The Morgan fingerprint density at radius 3 is 1.59 bits per heavy atom. The van der Waals surface area contributed by atoms with Crippen LogP contribution in [0.25, 0.3) is 0 Å². The van der Waals surface area contributed by atoms with Crippen molar-refractivity contribution in [3.63, 3.8) is 0 Å². The van der Waals surface area contributed by atoms with E-state index in [1.54, 1.807) is 24.3 Å². The van der Waals surface area contributed by atoms with Crippen LogP contribution in [-0.4, -0.2) is 34.3 Å². The number of aryl methyl sites for hydroxylation is 1. The Hall–Kier alpha value is -2.10. The molecule has 0 amide bonds. The summed E-state index contributed by atoms with van der Waals surface area (Å²) in [7, 11) is -3.68. The van der Waals surface area contributed by atoms with E-state index in [1.165, 1.54) is 0 Å². The van der Waals surface area contributed by atoms with Crippen LogP contribution in [0.2, 0.25) is 0 Å². The summed E-state index contributed by atoms with van der Waals surface area (Å²) in [6, 6.07) is 14.5. The quantitative estimate of drug-likeness (QED) is 0.420. The van der Waals surface area contributed by atoms with Crippen LogP contribution < -0.4 is 26.1 Å². The van der Waals surface area contributed by atoms with Crippen molar-refractivity contribution in [3.8, 4) is 11.5 Å². The maximum atomic E-state index is 6.17. The molecule has 0 radical (unpaired) electrons. The van der Waals surface area contributed by atoms with Crippen LogP contribution in [0.3, 0.4) is 0 Å². The molecule has 2 aromatic rings. The molecule has 0 aliphatic carbocycles. The molecule has 27 heavy (non-hydrogen) atoms. The minimum absolute atomic E-state index is 0.289. The van der Waals surface area contributed by atoms with E-state index in [0.29, 0.717) is 17.2 Å². The van der Waals surface area contributed by atoms with Gasteiger partial charge in [0.25, 0.3) is 0 Å². The zero-order chi connectivity index (χ0) is 19.9. The van der Waals surface area contributed by atoms with Crippen LogP contribution in [0.1, 0.15) is 19.4 Å². The minimum Gasteiger partial charge on any atom is -0.471 e. The predicted octanol–water partition coefficient (Wildman–Crippen LogP) is 2.20. The first-order valence-corrected chi connectivity index (χ1v) is 10.5. The van der Waals surface area contributed by atoms with Crippen LogP contribution in [-0.2, 0) is 8.85 Å². The highest BCUT2D eigenvalue weighted by Gasteiger charge is 2.54. The van der Waals surface area contributed by atoms with Gasteiger partial charge in [-0.2, -0.15) is 0 Å². The molecule has 2 atom stereocenters. The Morgan fingerprint density at radius 2 is 1.19 bits per heavy atom. The lowest BCUT2D eigenvalue weighted by atomic mass is 10.2. The fourth-order valence-electron chi connectivity index (χ4n) is 2.16. The van der Waals surface area contributed by atoms with E-state index in [-0.39, 0.29) is 25.3 Å².